The van der Waals surface area contributed by atoms with Crippen LogP contribution in [0.1, 0.15) is 13.8 Å². The predicted octanol–water partition coefficient (Wildman–Crippen LogP) is 1.89. The molecule has 0 saturated heterocycles. The highest BCUT2D eigenvalue weighted by molar-refractivity contribution is 7.88. The first kappa shape index (κ1) is 19.9. The van der Waals surface area contributed by atoms with Crippen LogP contribution in [-0.2, 0) is 24.5 Å². The molecule has 140 valence electrons. The number of carbonyl (C=O) groups excluding carboxylic acids is 2. The summed E-state index contributed by atoms with van der Waals surface area (Å²) in [6.07, 6.45) is 0.993. The number of benzene rings is 1. The van der Waals surface area contributed by atoms with Crippen LogP contribution in [0.5, 0.6) is 0 Å². The lowest BCUT2D eigenvalue weighted by molar-refractivity contribution is -0.138. The molecular formula is C15H15ClFN3O5S. The number of rotatable bonds is 5. The molecule has 0 unspecified atom stereocenters. The van der Waals surface area contributed by atoms with Gasteiger partial charge in [-0.05, 0) is 32.0 Å². The van der Waals surface area contributed by atoms with Crippen molar-refractivity contribution in [3.63, 3.8) is 0 Å². The Morgan fingerprint density at radius 1 is 1.38 bits per heavy atom. The molecule has 1 heterocycles. The van der Waals surface area contributed by atoms with Gasteiger partial charge in [0.05, 0.1) is 22.9 Å². The zero-order chi connectivity index (χ0) is 19.5. The molecule has 0 aromatic heterocycles. The second-order valence-electron chi connectivity index (χ2n) is 5.14. The number of esters is 1. The summed E-state index contributed by atoms with van der Waals surface area (Å²) in [4.78, 5) is 24.0. The lowest BCUT2D eigenvalue weighted by Crippen LogP contribution is -2.37. The Morgan fingerprint density at radius 3 is 2.69 bits per heavy atom. The Labute approximate surface area is 154 Å². The first-order valence-electron chi connectivity index (χ1n) is 7.36. The smallest absolute Gasteiger partial charge is 0.344 e. The molecule has 2 rings (SSSR count). The van der Waals surface area contributed by atoms with Gasteiger partial charge >= 0.3 is 16.2 Å². The lowest BCUT2D eigenvalue weighted by atomic mass is 10.2. The van der Waals surface area contributed by atoms with Gasteiger partial charge < -0.3 is 10.1 Å². The number of amides is 1. The minimum Gasteiger partial charge on any atom is -0.462 e. The summed E-state index contributed by atoms with van der Waals surface area (Å²) in [5, 5.41) is 2.19. The van der Waals surface area contributed by atoms with E-state index < -0.39 is 34.4 Å². The summed E-state index contributed by atoms with van der Waals surface area (Å²) in [6, 6.07) is 3.51. The maximum atomic E-state index is 13.1. The Kier molecular flexibility index (Phi) is 5.98. The van der Waals surface area contributed by atoms with Gasteiger partial charge in [-0.2, -0.15) is 8.42 Å². The second kappa shape index (κ2) is 7.83. The molecule has 1 amide bonds. The number of ether oxygens (including phenoxy) is 1. The van der Waals surface area contributed by atoms with Crippen LogP contribution in [0, 0.1) is 5.82 Å². The Bertz CT molecular complexity index is 914. The van der Waals surface area contributed by atoms with Gasteiger partial charge in [0.1, 0.15) is 12.4 Å². The van der Waals surface area contributed by atoms with E-state index in [1.54, 1.807) is 6.92 Å². The van der Waals surface area contributed by atoms with E-state index >= 15 is 0 Å². The van der Waals surface area contributed by atoms with Crippen LogP contribution >= 0.6 is 11.6 Å². The fraction of sp³-hybridized carbons (Fsp3) is 0.267. The highest BCUT2D eigenvalue weighted by Crippen LogP contribution is 2.20. The van der Waals surface area contributed by atoms with Crippen LogP contribution in [0.2, 0.25) is 5.02 Å². The molecular weight excluding hydrogens is 389 g/mol. The van der Waals surface area contributed by atoms with Crippen molar-refractivity contribution < 1.29 is 27.1 Å². The molecule has 0 aliphatic carbocycles. The number of halogens is 2. The van der Waals surface area contributed by atoms with Gasteiger partial charge in [-0.1, -0.05) is 11.6 Å². The average Bonchev–Trinajstić information content (AvgIpc) is 2.53. The fourth-order valence-electron chi connectivity index (χ4n) is 2.03. The van der Waals surface area contributed by atoms with Crippen molar-refractivity contribution in [2.45, 2.75) is 13.8 Å². The number of anilines is 1. The van der Waals surface area contributed by atoms with Crippen molar-refractivity contribution >= 4 is 45.1 Å². The average molecular weight is 404 g/mol. The van der Waals surface area contributed by atoms with E-state index in [9.17, 15) is 22.4 Å². The minimum absolute atomic E-state index is 0.0366. The van der Waals surface area contributed by atoms with Crippen molar-refractivity contribution in [3.05, 3.63) is 40.8 Å². The zero-order valence-electron chi connectivity index (χ0n) is 13.8. The third-order valence-electron chi connectivity index (χ3n) is 3.21. The van der Waals surface area contributed by atoms with E-state index in [1.165, 1.54) is 19.1 Å². The number of nitrogens with one attached hydrogen (secondary N) is 1. The maximum Gasteiger partial charge on any atom is 0.344 e. The summed E-state index contributed by atoms with van der Waals surface area (Å²) in [7, 11) is -4.17. The fourth-order valence-corrected chi connectivity index (χ4v) is 3.28. The Balaban J connectivity index is 2.18. The van der Waals surface area contributed by atoms with E-state index in [0.29, 0.717) is 4.31 Å². The maximum absolute atomic E-state index is 13.1. The molecule has 1 aromatic carbocycles. The largest absolute Gasteiger partial charge is 0.462 e. The normalized spacial score (nSPS) is 15.8. The van der Waals surface area contributed by atoms with Gasteiger partial charge in [-0.3, -0.25) is 4.79 Å². The monoisotopic (exact) mass is 403 g/mol. The summed E-state index contributed by atoms with van der Waals surface area (Å²) in [5.41, 5.74) is 0.0785. The quantitative estimate of drug-likeness (QED) is 0.756. The second-order valence-corrected chi connectivity index (χ2v) is 7.09. The SMILES string of the molecule is CCOC(=O)C1=CN(CC(=O)Nc2ccc(F)c(Cl)c2)S(=O)(=O)N=C1C. The standard InChI is InChI=1S/C15H15ClFN3O5S/c1-3-25-15(22)11-7-20(26(23,24)19-9(11)2)8-14(21)18-10-4-5-13(17)12(16)6-10/h4-7H,3,8H2,1-2H3,(H,18,21). The molecule has 8 nitrogen and oxygen atoms in total. The van der Waals surface area contributed by atoms with E-state index in [2.05, 4.69) is 9.71 Å². The van der Waals surface area contributed by atoms with Gasteiger partial charge in [-0.15, -0.1) is 4.40 Å². The summed E-state index contributed by atoms with van der Waals surface area (Å²) in [6.45, 7) is 2.40. The number of hydrogen-bond acceptors (Lipinski definition) is 5. The number of hydrogen-bond donors (Lipinski definition) is 1. The van der Waals surface area contributed by atoms with Crippen LogP contribution in [0.25, 0.3) is 0 Å². The van der Waals surface area contributed by atoms with E-state index in [0.717, 1.165) is 12.3 Å². The van der Waals surface area contributed by atoms with Gasteiger partial charge in [0.2, 0.25) is 5.91 Å². The van der Waals surface area contributed by atoms with Crippen LogP contribution in [0.4, 0.5) is 10.1 Å². The molecule has 0 saturated carbocycles. The van der Waals surface area contributed by atoms with Crippen LogP contribution in [-0.4, -0.2) is 43.5 Å². The van der Waals surface area contributed by atoms with Crippen LogP contribution in [0.3, 0.4) is 0 Å². The van der Waals surface area contributed by atoms with Crippen molar-refractivity contribution in [1.29, 1.82) is 0 Å². The van der Waals surface area contributed by atoms with Crippen molar-refractivity contribution in [2.24, 2.45) is 4.40 Å². The lowest BCUT2D eigenvalue weighted by Gasteiger charge is -2.22. The Morgan fingerprint density at radius 2 is 2.08 bits per heavy atom. The highest BCUT2D eigenvalue weighted by atomic mass is 35.5. The first-order chi connectivity index (χ1) is 12.1. The van der Waals surface area contributed by atoms with Gasteiger partial charge in [-0.25, -0.2) is 13.5 Å². The van der Waals surface area contributed by atoms with Gasteiger partial charge in [0.15, 0.2) is 0 Å². The molecule has 1 aliphatic rings. The predicted molar refractivity (Wildman–Crippen MR) is 93.5 cm³/mol. The summed E-state index contributed by atoms with van der Waals surface area (Å²) >= 11 is 5.62. The molecule has 1 aliphatic heterocycles. The van der Waals surface area contributed by atoms with Crippen molar-refractivity contribution in [3.8, 4) is 0 Å². The van der Waals surface area contributed by atoms with E-state index in [-0.39, 0.29) is 28.6 Å². The molecule has 26 heavy (non-hydrogen) atoms. The molecule has 11 heteroatoms. The van der Waals surface area contributed by atoms with Crippen LogP contribution in [0.15, 0.2) is 34.4 Å². The van der Waals surface area contributed by atoms with Crippen molar-refractivity contribution in [1.82, 2.24) is 4.31 Å². The van der Waals surface area contributed by atoms with E-state index in [1.807, 2.05) is 0 Å². The molecule has 0 bridgehead atoms. The molecule has 1 aromatic rings. The third-order valence-corrected chi connectivity index (χ3v) is 4.83. The minimum atomic E-state index is -4.17. The van der Waals surface area contributed by atoms with E-state index in [4.69, 9.17) is 16.3 Å². The number of carbonyl (C=O) groups is 2. The topological polar surface area (TPSA) is 105 Å². The molecule has 1 N–H and O–H groups in total. The zero-order valence-corrected chi connectivity index (χ0v) is 15.4. The first-order valence-corrected chi connectivity index (χ1v) is 9.14. The van der Waals surface area contributed by atoms with Gasteiger partial charge in [0, 0.05) is 11.9 Å². The summed E-state index contributed by atoms with van der Waals surface area (Å²) < 4.78 is 46.2. The number of nitrogens with zero attached hydrogens (tertiary/aromatic N) is 2. The molecule has 0 radical (unpaired) electrons. The molecule has 0 fully saturated rings. The highest BCUT2D eigenvalue weighted by Gasteiger charge is 2.30. The molecule has 0 spiro atoms. The summed E-state index contributed by atoms with van der Waals surface area (Å²) in [5.74, 6) is -2.14. The van der Waals surface area contributed by atoms with Crippen LogP contribution < -0.4 is 5.32 Å². The Hall–Kier alpha value is -2.46. The molecule has 0 atom stereocenters. The van der Waals surface area contributed by atoms with Gasteiger partial charge in [0.25, 0.3) is 0 Å². The van der Waals surface area contributed by atoms with Crippen molar-refractivity contribution in [2.75, 3.05) is 18.5 Å². The third kappa shape index (κ3) is 4.58.